The molecule has 0 aliphatic carbocycles. The smallest absolute Gasteiger partial charge is 0.257 e. The van der Waals surface area contributed by atoms with Gasteiger partial charge in [-0.25, -0.2) is 4.98 Å². The molecule has 2 aromatic carbocycles. The van der Waals surface area contributed by atoms with E-state index in [0.29, 0.717) is 10.7 Å². The van der Waals surface area contributed by atoms with Crippen LogP contribution in [0, 0.1) is 0 Å². The van der Waals surface area contributed by atoms with Crippen molar-refractivity contribution in [2.45, 2.75) is 6.54 Å². The van der Waals surface area contributed by atoms with E-state index in [1.54, 1.807) is 6.20 Å². The maximum Gasteiger partial charge on any atom is 0.257 e. The van der Waals surface area contributed by atoms with Gasteiger partial charge < -0.3 is 4.57 Å². The summed E-state index contributed by atoms with van der Waals surface area (Å²) in [6.45, 7) is 0.780. The zero-order valence-corrected chi connectivity index (χ0v) is 13.7. The summed E-state index contributed by atoms with van der Waals surface area (Å²) in [6, 6.07) is 18.1. The Balaban J connectivity index is 1.64. The van der Waals surface area contributed by atoms with Gasteiger partial charge in [0.1, 0.15) is 0 Å². The fourth-order valence-corrected chi connectivity index (χ4v) is 3.22. The van der Waals surface area contributed by atoms with Crippen LogP contribution in [0.2, 0.25) is 0 Å². The first-order valence-electron chi connectivity index (χ1n) is 7.63. The first kappa shape index (κ1) is 14.7. The molecule has 0 spiro atoms. The van der Waals surface area contributed by atoms with Gasteiger partial charge in [0.25, 0.3) is 5.91 Å². The Morgan fingerprint density at radius 3 is 2.79 bits per heavy atom. The quantitative estimate of drug-likeness (QED) is 0.602. The summed E-state index contributed by atoms with van der Waals surface area (Å²) < 4.78 is 2.16. The monoisotopic (exact) mass is 333 g/mol. The third-order valence-electron chi connectivity index (χ3n) is 3.88. The lowest BCUT2D eigenvalue weighted by atomic mass is 10.1. The first-order valence-corrected chi connectivity index (χ1v) is 8.51. The fourth-order valence-electron chi connectivity index (χ4n) is 2.70. The number of hydrogen-bond acceptors (Lipinski definition) is 3. The SMILES string of the molecule is O=C(Nc1nccs1)c1ccc2ccn(Cc3ccccc3)c2c1. The van der Waals surface area contributed by atoms with Crippen molar-refractivity contribution in [2.24, 2.45) is 0 Å². The molecule has 0 bridgehead atoms. The van der Waals surface area contributed by atoms with Gasteiger partial charge in [-0.1, -0.05) is 36.4 Å². The van der Waals surface area contributed by atoms with E-state index in [-0.39, 0.29) is 5.91 Å². The van der Waals surface area contributed by atoms with Crippen LogP contribution in [0.3, 0.4) is 0 Å². The van der Waals surface area contributed by atoms with Gasteiger partial charge >= 0.3 is 0 Å². The summed E-state index contributed by atoms with van der Waals surface area (Å²) in [5, 5.41) is 6.39. The molecule has 0 aliphatic heterocycles. The van der Waals surface area contributed by atoms with E-state index in [4.69, 9.17) is 0 Å². The predicted octanol–water partition coefficient (Wildman–Crippen LogP) is 4.40. The predicted molar refractivity (Wildman–Crippen MR) is 97.5 cm³/mol. The molecule has 118 valence electrons. The van der Waals surface area contributed by atoms with E-state index in [0.717, 1.165) is 17.4 Å². The molecule has 2 heterocycles. The highest BCUT2D eigenvalue weighted by atomic mass is 32.1. The zero-order valence-electron chi connectivity index (χ0n) is 12.8. The third kappa shape index (κ3) is 2.94. The molecule has 0 fully saturated rings. The molecule has 1 N–H and O–H groups in total. The van der Waals surface area contributed by atoms with Gasteiger partial charge in [-0.05, 0) is 29.1 Å². The van der Waals surface area contributed by atoms with Crippen molar-refractivity contribution < 1.29 is 4.79 Å². The van der Waals surface area contributed by atoms with Crippen LogP contribution in [-0.4, -0.2) is 15.5 Å². The van der Waals surface area contributed by atoms with Crippen molar-refractivity contribution in [1.82, 2.24) is 9.55 Å². The maximum atomic E-state index is 12.4. The highest BCUT2D eigenvalue weighted by Gasteiger charge is 2.10. The van der Waals surface area contributed by atoms with Crippen molar-refractivity contribution >= 4 is 33.3 Å². The largest absolute Gasteiger partial charge is 0.343 e. The van der Waals surface area contributed by atoms with Crippen LogP contribution >= 0.6 is 11.3 Å². The van der Waals surface area contributed by atoms with Crippen LogP contribution < -0.4 is 5.32 Å². The molecule has 0 unspecified atom stereocenters. The summed E-state index contributed by atoms with van der Waals surface area (Å²) in [5.41, 5.74) is 2.91. The molecule has 1 amide bonds. The zero-order chi connectivity index (χ0) is 16.4. The van der Waals surface area contributed by atoms with E-state index in [1.807, 2.05) is 41.8 Å². The molecule has 0 saturated carbocycles. The number of carbonyl (C=O) groups excluding carboxylic acids is 1. The lowest BCUT2D eigenvalue weighted by Gasteiger charge is -2.07. The van der Waals surface area contributed by atoms with Crippen molar-refractivity contribution in [1.29, 1.82) is 0 Å². The summed E-state index contributed by atoms with van der Waals surface area (Å²) in [4.78, 5) is 16.5. The molecule has 0 atom stereocenters. The molecule has 4 aromatic rings. The number of aromatic nitrogens is 2. The van der Waals surface area contributed by atoms with E-state index in [9.17, 15) is 4.79 Å². The molecule has 2 aromatic heterocycles. The van der Waals surface area contributed by atoms with Crippen LogP contribution in [0.15, 0.2) is 72.4 Å². The minimum absolute atomic E-state index is 0.140. The van der Waals surface area contributed by atoms with Gasteiger partial charge in [-0.15, -0.1) is 11.3 Å². The van der Waals surface area contributed by atoms with E-state index in [1.165, 1.54) is 16.9 Å². The summed E-state index contributed by atoms with van der Waals surface area (Å²) in [6.07, 6.45) is 3.73. The second-order valence-electron chi connectivity index (χ2n) is 5.49. The molecular formula is C19H15N3OS. The third-order valence-corrected chi connectivity index (χ3v) is 4.57. The number of anilines is 1. The van der Waals surface area contributed by atoms with Crippen LogP contribution in [0.1, 0.15) is 15.9 Å². The number of benzene rings is 2. The number of amides is 1. The van der Waals surface area contributed by atoms with Gasteiger partial charge in [0.2, 0.25) is 0 Å². The Morgan fingerprint density at radius 2 is 2.00 bits per heavy atom. The Kier molecular flexibility index (Phi) is 3.84. The second-order valence-corrected chi connectivity index (χ2v) is 6.39. The molecule has 0 aliphatic rings. The van der Waals surface area contributed by atoms with Crippen molar-refractivity contribution in [2.75, 3.05) is 5.32 Å². The average Bonchev–Trinajstić information content (AvgIpc) is 3.26. The topological polar surface area (TPSA) is 46.9 Å². The van der Waals surface area contributed by atoms with Crippen LogP contribution in [0.4, 0.5) is 5.13 Å². The Labute approximate surface area is 143 Å². The number of fused-ring (bicyclic) bond motifs is 1. The molecular weight excluding hydrogens is 318 g/mol. The van der Waals surface area contributed by atoms with Crippen molar-refractivity contribution in [3.63, 3.8) is 0 Å². The fraction of sp³-hybridized carbons (Fsp3) is 0.0526. The molecule has 4 nitrogen and oxygen atoms in total. The molecule has 4 rings (SSSR count). The van der Waals surface area contributed by atoms with Crippen molar-refractivity contribution in [3.05, 3.63) is 83.5 Å². The number of carbonyl (C=O) groups is 1. The lowest BCUT2D eigenvalue weighted by molar-refractivity contribution is 0.102. The summed E-state index contributed by atoms with van der Waals surface area (Å²) >= 11 is 1.41. The lowest BCUT2D eigenvalue weighted by Crippen LogP contribution is -2.11. The number of nitrogens with zero attached hydrogens (tertiary/aromatic N) is 2. The Bertz CT molecular complexity index is 974. The summed E-state index contributed by atoms with van der Waals surface area (Å²) in [7, 11) is 0. The standard InChI is InChI=1S/C19H15N3OS/c23-18(21-19-20-9-11-24-19)16-7-6-15-8-10-22(17(15)12-16)13-14-4-2-1-3-5-14/h1-12H,13H2,(H,20,21,23). The van der Waals surface area contributed by atoms with E-state index in [2.05, 4.69) is 39.3 Å². The van der Waals surface area contributed by atoms with Crippen LogP contribution in [-0.2, 0) is 6.54 Å². The second kappa shape index (κ2) is 6.29. The van der Waals surface area contributed by atoms with Gasteiger partial charge in [0.15, 0.2) is 5.13 Å². The number of nitrogens with one attached hydrogen (secondary N) is 1. The highest BCUT2D eigenvalue weighted by Crippen LogP contribution is 2.20. The van der Waals surface area contributed by atoms with E-state index >= 15 is 0 Å². The molecule has 5 heteroatoms. The van der Waals surface area contributed by atoms with Gasteiger partial charge in [-0.2, -0.15) is 0 Å². The maximum absolute atomic E-state index is 12.4. The normalized spacial score (nSPS) is 10.8. The van der Waals surface area contributed by atoms with Crippen LogP contribution in [0.5, 0.6) is 0 Å². The summed E-state index contributed by atoms with van der Waals surface area (Å²) in [5.74, 6) is -0.140. The average molecular weight is 333 g/mol. The minimum Gasteiger partial charge on any atom is -0.343 e. The van der Waals surface area contributed by atoms with Crippen molar-refractivity contribution in [3.8, 4) is 0 Å². The minimum atomic E-state index is -0.140. The molecule has 0 radical (unpaired) electrons. The Morgan fingerprint density at radius 1 is 1.12 bits per heavy atom. The first-order chi connectivity index (χ1) is 11.8. The van der Waals surface area contributed by atoms with E-state index < -0.39 is 0 Å². The molecule has 0 saturated heterocycles. The van der Waals surface area contributed by atoms with Crippen LogP contribution in [0.25, 0.3) is 10.9 Å². The number of rotatable bonds is 4. The van der Waals surface area contributed by atoms with Gasteiger partial charge in [0.05, 0.1) is 0 Å². The Hall–Kier alpha value is -2.92. The highest BCUT2D eigenvalue weighted by molar-refractivity contribution is 7.13. The van der Waals surface area contributed by atoms with Gasteiger partial charge in [0, 0.05) is 35.4 Å². The van der Waals surface area contributed by atoms with Gasteiger partial charge in [-0.3, -0.25) is 10.1 Å². The number of thiazole rings is 1. The molecule has 24 heavy (non-hydrogen) atoms. The number of hydrogen-bond donors (Lipinski definition) is 1.